The lowest BCUT2D eigenvalue weighted by molar-refractivity contribution is -0.137. The average molecular weight is 265 g/mol. The number of hydrogen-bond donors (Lipinski definition) is 1. The number of halogens is 4. The highest BCUT2D eigenvalue weighted by Crippen LogP contribution is 2.35. The van der Waals surface area contributed by atoms with Gasteiger partial charge < -0.3 is 10.6 Å². The SMILES string of the molecule is NC1CN(c2cc(Cl)cc(C(F)(F)F)c2)C1=O. The molecule has 1 aromatic carbocycles. The summed E-state index contributed by atoms with van der Waals surface area (Å²) in [4.78, 5) is 12.5. The van der Waals surface area contributed by atoms with Gasteiger partial charge in [0.05, 0.1) is 12.1 Å². The van der Waals surface area contributed by atoms with E-state index in [1.807, 2.05) is 0 Å². The Labute approximate surface area is 99.9 Å². The monoisotopic (exact) mass is 264 g/mol. The number of carbonyl (C=O) groups excluding carboxylic acids is 1. The third kappa shape index (κ3) is 2.23. The van der Waals surface area contributed by atoms with E-state index in [2.05, 4.69) is 0 Å². The van der Waals surface area contributed by atoms with Crippen molar-refractivity contribution in [2.24, 2.45) is 5.73 Å². The maximum absolute atomic E-state index is 12.5. The van der Waals surface area contributed by atoms with Crippen LogP contribution in [0.25, 0.3) is 0 Å². The highest BCUT2D eigenvalue weighted by molar-refractivity contribution is 6.31. The van der Waals surface area contributed by atoms with E-state index in [4.69, 9.17) is 17.3 Å². The standard InChI is InChI=1S/C10H8ClF3N2O/c11-6-1-5(10(12,13)14)2-7(3-6)16-4-8(15)9(16)17/h1-3,8H,4,15H2. The van der Waals surface area contributed by atoms with Crippen LogP contribution in [-0.4, -0.2) is 18.5 Å². The zero-order valence-corrected chi connectivity index (χ0v) is 9.22. The molecule has 1 unspecified atom stereocenters. The predicted molar refractivity (Wildman–Crippen MR) is 56.8 cm³/mol. The van der Waals surface area contributed by atoms with Crippen LogP contribution in [0.1, 0.15) is 5.56 Å². The number of amides is 1. The first kappa shape index (κ1) is 12.2. The van der Waals surface area contributed by atoms with Crippen molar-refractivity contribution >= 4 is 23.2 Å². The van der Waals surface area contributed by atoms with Crippen LogP contribution in [0.5, 0.6) is 0 Å². The number of hydrogen-bond acceptors (Lipinski definition) is 2. The van der Waals surface area contributed by atoms with Gasteiger partial charge in [-0.1, -0.05) is 11.6 Å². The van der Waals surface area contributed by atoms with E-state index in [1.165, 1.54) is 11.0 Å². The summed E-state index contributed by atoms with van der Waals surface area (Å²) in [6.07, 6.45) is -4.49. The van der Waals surface area contributed by atoms with Crippen molar-refractivity contribution in [2.45, 2.75) is 12.2 Å². The van der Waals surface area contributed by atoms with Gasteiger partial charge in [0.2, 0.25) is 5.91 Å². The lowest BCUT2D eigenvalue weighted by Crippen LogP contribution is -2.61. The zero-order chi connectivity index (χ0) is 12.8. The fraction of sp³-hybridized carbons (Fsp3) is 0.300. The predicted octanol–water partition coefficient (Wildman–Crippen LogP) is 2.03. The van der Waals surface area contributed by atoms with E-state index in [0.717, 1.165) is 12.1 Å². The normalized spacial score (nSPS) is 20.4. The number of alkyl halides is 3. The van der Waals surface area contributed by atoms with Gasteiger partial charge in [-0.15, -0.1) is 0 Å². The molecule has 17 heavy (non-hydrogen) atoms. The molecule has 0 aliphatic carbocycles. The maximum Gasteiger partial charge on any atom is 0.416 e. The molecule has 0 spiro atoms. The van der Waals surface area contributed by atoms with Crippen molar-refractivity contribution in [3.63, 3.8) is 0 Å². The minimum Gasteiger partial charge on any atom is -0.318 e. The van der Waals surface area contributed by atoms with Crippen LogP contribution < -0.4 is 10.6 Å². The summed E-state index contributed by atoms with van der Waals surface area (Å²) in [5, 5.41) is -0.0666. The van der Waals surface area contributed by atoms with Crippen molar-refractivity contribution < 1.29 is 18.0 Å². The Kier molecular flexibility index (Phi) is 2.79. The summed E-state index contributed by atoms with van der Waals surface area (Å²) in [5.74, 6) is -0.402. The minimum atomic E-state index is -4.49. The number of benzene rings is 1. The van der Waals surface area contributed by atoms with Crippen LogP contribution in [0.4, 0.5) is 18.9 Å². The molecule has 1 aromatic rings. The van der Waals surface area contributed by atoms with E-state index in [-0.39, 0.29) is 17.3 Å². The van der Waals surface area contributed by atoms with Crippen molar-refractivity contribution in [1.82, 2.24) is 0 Å². The van der Waals surface area contributed by atoms with Crippen LogP contribution in [-0.2, 0) is 11.0 Å². The first-order valence-corrected chi connectivity index (χ1v) is 5.11. The van der Waals surface area contributed by atoms with Crippen LogP contribution in [0.3, 0.4) is 0 Å². The van der Waals surface area contributed by atoms with Gasteiger partial charge in [-0.25, -0.2) is 0 Å². The lowest BCUT2D eigenvalue weighted by atomic mass is 10.1. The maximum atomic E-state index is 12.5. The Morgan fingerprint density at radius 1 is 1.35 bits per heavy atom. The van der Waals surface area contributed by atoms with Crippen molar-refractivity contribution in [3.05, 3.63) is 28.8 Å². The lowest BCUT2D eigenvalue weighted by Gasteiger charge is -2.36. The first-order chi connectivity index (χ1) is 7.79. The fourth-order valence-electron chi connectivity index (χ4n) is 1.58. The van der Waals surface area contributed by atoms with Gasteiger partial charge in [0.15, 0.2) is 0 Å². The molecule has 1 fully saturated rings. The fourth-order valence-corrected chi connectivity index (χ4v) is 1.81. The largest absolute Gasteiger partial charge is 0.416 e. The second-order valence-electron chi connectivity index (χ2n) is 3.75. The van der Waals surface area contributed by atoms with Crippen LogP contribution in [0.2, 0.25) is 5.02 Å². The van der Waals surface area contributed by atoms with Crippen molar-refractivity contribution in [3.8, 4) is 0 Å². The molecule has 1 atom stereocenters. The van der Waals surface area contributed by atoms with Crippen molar-refractivity contribution in [2.75, 3.05) is 11.4 Å². The third-order valence-electron chi connectivity index (χ3n) is 2.48. The first-order valence-electron chi connectivity index (χ1n) is 4.74. The Balaban J connectivity index is 2.36. The number of anilines is 1. The topological polar surface area (TPSA) is 46.3 Å². The van der Waals surface area contributed by atoms with E-state index in [1.54, 1.807) is 0 Å². The molecule has 1 aliphatic rings. The summed E-state index contributed by atoms with van der Waals surface area (Å²) < 4.78 is 37.6. The summed E-state index contributed by atoms with van der Waals surface area (Å²) in [7, 11) is 0. The Bertz CT molecular complexity index is 475. The summed E-state index contributed by atoms with van der Waals surface area (Å²) in [5.41, 5.74) is 4.61. The van der Waals surface area contributed by atoms with Gasteiger partial charge in [0.25, 0.3) is 0 Å². The number of nitrogens with two attached hydrogens (primary N) is 1. The average Bonchev–Trinajstić information content (AvgIpc) is 2.23. The molecule has 1 aliphatic heterocycles. The Morgan fingerprint density at radius 2 is 2.00 bits per heavy atom. The molecule has 3 nitrogen and oxygen atoms in total. The van der Waals surface area contributed by atoms with Gasteiger partial charge in [-0.3, -0.25) is 4.79 Å². The van der Waals surface area contributed by atoms with Gasteiger partial charge in [0.1, 0.15) is 6.04 Å². The van der Waals surface area contributed by atoms with Gasteiger partial charge in [-0.05, 0) is 18.2 Å². The smallest absolute Gasteiger partial charge is 0.318 e. The molecular formula is C10H8ClF3N2O. The molecule has 0 radical (unpaired) electrons. The number of nitrogens with zero attached hydrogens (tertiary/aromatic N) is 1. The highest BCUT2D eigenvalue weighted by atomic mass is 35.5. The Hall–Kier alpha value is -1.27. The highest BCUT2D eigenvalue weighted by Gasteiger charge is 2.37. The third-order valence-corrected chi connectivity index (χ3v) is 2.70. The number of β-lactam (4-membered cyclic amide) rings is 1. The summed E-state index contributed by atoms with van der Waals surface area (Å²) in [6.45, 7) is 0.205. The van der Waals surface area contributed by atoms with Gasteiger partial charge >= 0.3 is 6.18 Å². The molecule has 0 aromatic heterocycles. The number of rotatable bonds is 1. The molecule has 2 N–H and O–H groups in total. The van der Waals surface area contributed by atoms with Gasteiger partial charge in [0, 0.05) is 10.7 Å². The minimum absolute atomic E-state index is 0.0666. The van der Waals surface area contributed by atoms with Crippen LogP contribution in [0, 0.1) is 0 Å². The van der Waals surface area contributed by atoms with Crippen LogP contribution >= 0.6 is 11.6 Å². The molecule has 7 heteroatoms. The van der Waals surface area contributed by atoms with E-state index >= 15 is 0 Å². The molecule has 1 amide bonds. The number of carbonyl (C=O) groups is 1. The quantitative estimate of drug-likeness (QED) is 0.789. The zero-order valence-electron chi connectivity index (χ0n) is 8.46. The summed E-state index contributed by atoms with van der Waals surface area (Å²) >= 11 is 5.60. The molecule has 0 saturated carbocycles. The van der Waals surface area contributed by atoms with Crippen molar-refractivity contribution in [1.29, 1.82) is 0 Å². The molecule has 0 bridgehead atoms. The van der Waals surface area contributed by atoms with E-state index in [9.17, 15) is 18.0 Å². The van der Waals surface area contributed by atoms with Crippen LogP contribution in [0.15, 0.2) is 18.2 Å². The molecule has 92 valence electrons. The van der Waals surface area contributed by atoms with E-state index in [0.29, 0.717) is 0 Å². The summed E-state index contributed by atoms with van der Waals surface area (Å²) in [6, 6.07) is 2.37. The Morgan fingerprint density at radius 3 is 2.47 bits per heavy atom. The molecule has 2 rings (SSSR count). The molecular weight excluding hydrogens is 257 g/mol. The molecule has 1 heterocycles. The van der Waals surface area contributed by atoms with Gasteiger partial charge in [-0.2, -0.15) is 13.2 Å². The molecule has 1 saturated heterocycles. The second kappa shape index (κ2) is 3.89. The van der Waals surface area contributed by atoms with E-state index < -0.39 is 23.7 Å². The second-order valence-corrected chi connectivity index (χ2v) is 4.19.